The normalized spacial score (nSPS) is 16.6. The first-order chi connectivity index (χ1) is 12.8. The first-order valence-electron chi connectivity index (χ1n) is 8.70. The van der Waals surface area contributed by atoms with Gasteiger partial charge in [0.05, 0.1) is 0 Å². The Morgan fingerprint density at radius 1 is 1.08 bits per heavy atom. The minimum absolute atomic E-state index is 0.0133. The summed E-state index contributed by atoms with van der Waals surface area (Å²) in [6, 6.07) is 20.0. The van der Waals surface area contributed by atoms with E-state index >= 15 is 0 Å². The van der Waals surface area contributed by atoms with Gasteiger partial charge in [-0.3, -0.25) is 4.79 Å². The summed E-state index contributed by atoms with van der Waals surface area (Å²) in [4.78, 5) is 15.7. The van der Waals surface area contributed by atoms with Crippen molar-refractivity contribution in [2.75, 3.05) is 18.4 Å². The number of aromatic nitrogens is 4. The van der Waals surface area contributed by atoms with Gasteiger partial charge in [-0.05, 0) is 23.8 Å². The molecule has 1 amide bonds. The van der Waals surface area contributed by atoms with Crippen LogP contribution < -0.4 is 5.32 Å². The predicted molar refractivity (Wildman–Crippen MR) is 98.3 cm³/mol. The molecule has 1 aromatic heterocycles. The number of benzene rings is 2. The van der Waals surface area contributed by atoms with Crippen LogP contribution in [0.1, 0.15) is 6.42 Å². The van der Waals surface area contributed by atoms with Crippen molar-refractivity contribution in [1.82, 2.24) is 25.1 Å². The van der Waals surface area contributed by atoms with Gasteiger partial charge in [0.15, 0.2) is 0 Å². The molecule has 132 valence electrons. The average Bonchev–Trinajstić information content (AvgIpc) is 3.33. The van der Waals surface area contributed by atoms with Crippen LogP contribution in [0, 0.1) is 0 Å². The SMILES string of the molecule is O=C(Cn1nnc(-c2ccccc2)n1)N1CC[C@H](Nc2ccccc2)C1. The Bertz CT molecular complexity index is 864. The first kappa shape index (κ1) is 16.3. The number of nitrogens with zero attached hydrogens (tertiary/aromatic N) is 5. The van der Waals surface area contributed by atoms with Crippen LogP contribution in [0.15, 0.2) is 60.7 Å². The second kappa shape index (κ2) is 7.35. The van der Waals surface area contributed by atoms with Crippen molar-refractivity contribution < 1.29 is 4.79 Å². The molecular formula is C19H20N6O. The second-order valence-electron chi connectivity index (χ2n) is 6.35. The summed E-state index contributed by atoms with van der Waals surface area (Å²) < 4.78 is 0. The second-order valence-corrected chi connectivity index (χ2v) is 6.35. The van der Waals surface area contributed by atoms with Crippen molar-refractivity contribution in [2.45, 2.75) is 19.0 Å². The number of amides is 1. The van der Waals surface area contributed by atoms with Crippen LogP contribution in [-0.2, 0) is 11.3 Å². The monoisotopic (exact) mass is 348 g/mol. The van der Waals surface area contributed by atoms with Crippen molar-refractivity contribution in [3.63, 3.8) is 0 Å². The third-order valence-corrected chi connectivity index (χ3v) is 4.45. The lowest BCUT2D eigenvalue weighted by atomic mass is 10.2. The quantitative estimate of drug-likeness (QED) is 0.764. The molecule has 2 heterocycles. The Morgan fingerprint density at radius 2 is 1.81 bits per heavy atom. The van der Waals surface area contributed by atoms with Gasteiger partial charge in [-0.1, -0.05) is 48.5 Å². The Balaban J connectivity index is 1.34. The van der Waals surface area contributed by atoms with Gasteiger partial charge < -0.3 is 10.2 Å². The molecule has 0 unspecified atom stereocenters. The van der Waals surface area contributed by atoms with Crippen molar-refractivity contribution in [3.8, 4) is 11.4 Å². The molecule has 0 spiro atoms. The van der Waals surface area contributed by atoms with Crippen molar-refractivity contribution in [2.24, 2.45) is 0 Å². The average molecular weight is 348 g/mol. The summed E-state index contributed by atoms with van der Waals surface area (Å²) in [5.74, 6) is 0.544. The maximum atomic E-state index is 12.5. The number of hydrogen-bond acceptors (Lipinski definition) is 5. The molecule has 1 saturated heterocycles. The molecular weight excluding hydrogens is 328 g/mol. The topological polar surface area (TPSA) is 75.9 Å². The minimum atomic E-state index is 0.0133. The standard InChI is InChI=1S/C19H20N6O/c26-18(14-25-22-19(21-23-25)15-7-3-1-4-8-15)24-12-11-17(13-24)20-16-9-5-2-6-10-16/h1-10,17,20H,11-14H2/t17-/m0/s1. The number of tetrazole rings is 1. The smallest absolute Gasteiger partial charge is 0.246 e. The first-order valence-corrected chi connectivity index (χ1v) is 8.70. The molecule has 26 heavy (non-hydrogen) atoms. The number of hydrogen-bond donors (Lipinski definition) is 1. The number of anilines is 1. The van der Waals surface area contributed by atoms with E-state index in [1.165, 1.54) is 4.80 Å². The van der Waals surface area contributed by atoms with Crippen LogP contribution in [-0.4, -0.2) is 50.1 Å². The van der Waals surface area contributed by atoms with Gasteiger partial charge in [0, 0.05) is 30.4 Å². The lowest BCUT2D eigenvalue weighted by Gasteiger charge is -2.17. The molecule has 1 N–H and O–H groups in total. The van der Waals surface area contributed by atoms with Crippen LogP contribution in [0.4, 0.5) is 5.69 Å². The largest absolute Gasteiger partial charge is 0.380 e. The summed E-state index contributed by atoms with van der Waals surface area (Å²) in [6.07, 6.45) is 0.931. The predicted octanol–water partition coefficient (Wildman–Crippen LogP) is 2.05. The maximum absolute atomic E-state index is 12.5. The van der Waals surface area contributed by atoms with Crippen molar-refractivity contribution in [3.05, 3.63) is 60.7 Å². The van der Waals surface area contributed by atoms with Gasteiger partial charge in [-0.25, -0.2) is 0 Å². The molecule has 1 atom stereocenters. The number of carbonyl (C=O) groups excluding carboxylic acids is 1. The van der Waals surface area contributed by atoms with Gasteiger partial charge in [0.1, 0.15) is 6.54 Å². The summed E-state index contributed by atoms with van der Waals surface area (Å²) in [6.45, 7) is 1.54. The fourth-order valence-electron chi connectivity index (χ4n) is 3.11. The molecule has 0 bridgehead atoms. The van der Waals surface area contributed by atoms with Gasteiger partial charge in [0.2, 0.25) is 11.7 Å². The lowest BCUT2D eigenvalue weighted by Crippen LogP contribution is -2.34. The van der Waals surface area contributed by atoms with E-state index in [0.717, 1.165) is 24.2 Å². The van der Waals surface area contributed by atoms with E-state index in [4.69, 9.17) is 0 Å². The molecule has 3 aromatic rings. The lowest BCUT2D eigenvalue weighted by molar-refractivity contribution is -0.131. The molecule has 7 heteroatoms. The zero-order valence-corrected chi connectivity index (χ0v) is 14.3. The van der Waals surface area contributed by atoms with E-state index < -0.39 is 0 Å². The number of carbonyl (C=O) groups is 1. The number of rotatable bonds is 5. The highest BCUT2D eigenvalue weighted by molar-refractivity contribution is 5.76. The highest BCUT2D eigenvalue weighted by Crippen LogP contribution is 2.16. The van der Waals surface area contributed by atoms with Crippen LogP contribution in [0.3, 0.4) is 0 Å². The van der Waals surface area contributed by atoms with Crippen LogP contribution in [0.5, 0.6) is 0 Å². The Kier molecular flexibility index (Phi) is 4.59. The summed E-state index contributed by atoms with van der Waals surface area (Å²) >= 11 is 0. The minimum Gasteiger partial charge on any atom is -0.380 e. The molecule has 1 fully saturated rings. The van der Waals surface area contributed by atoms with Crippen molar-refractivity contribution >= 4 is 11.6 Å². The molecule has 0 saturated carbocycles. The van der Waals surface area contributed by atoms with Gasteiger partial charge >= 0.3 is 0 Å². The Labute approximate surface area is 151 Å². The highest BCUT2D eigenvalue weighted by atomic mass is 16.2. The van der Waals surface area contributed by atoms with E-state index in [1.807, 2.05) is 65.6 Å². The molecule has 4 rings (SSSR count). The van der Waals surface area contributed by atoms with Gasteiger partial charge in [0.25, 0.3) is 0 Å². The number of likely N-dealkylation sites (tertiary alicyclic amines) is 1. The van der Waals surface area contributed by atoms with Crippen LogP contribution >= 0.6 is 0 Å². The van der Waals surface area contributed by atoms with Gasteiger partial charge in [-0.2, -0.15) is 4.80 Å². The van der Waals surface area contributed by atoms with Crippen LogP contribution in [0.25, 0.3) is 11.4 Å². The maximum Gasteiger partial charge on any atom is 0.246 e. The summed E-state index contributed by atoms with van der Waals surface area (Å²) in [7, 11) is 0. The molecule has 7 nitrogen and oxygen atoms in total. The fraction of sp³-hybridized carbons (Fsp3) is 0.263. The molecule has 0 radical (unpaired) electrons. The van der Waals surface area contributed by atoms with Crippen LogP contribution in [0.2, 0.25) is 0 Å². The van der Waals surface area contributed by atoms with E-state index in [1.54, 1.807) is 0 Å². The number of para-hydroxylation sites is 1. The third kappa shape index (κ3) is 3.72. The highest BCUT2D eigenvalue weighted by Gasteiger charge is 2.26. The Hall–Kier alpha value is -3.22. The summed E-state index contributed by atoms with van der Waals surface area (Å²) in [5.41, 5.74) is 1.97. The zero-order valence-electron chi connectivity index (χ0n) is 14.3. The van der Waals surface area contributed by atoms with E-state index in [9.17, 15) is 4.79 Å². The molecule has 2 aromatic carbocycles. The number of nitrogens with one attached hydrogen (secondary N) is 1. The molecule has 0 aliphatic carbocycles. The summed E-state index contributed by atoms with van der Waals surface area (Å²) in [5, 5.41) is 15.8. The van der Waals surface area contributed by atoms with Crippen molar-refractivity contribution in [1.29, 1.82) is 0 Å². The van der Waals surface area contributed by atoms with E-state index in [0.29, 0.717) is 12.4 Å². The van der Waals surface area contributed by atoms with Gasteiger partial charge in [-0.15, -0.1) is 10.2 Å². The fourth-order valence-corrected chi connectivity index (χ4v) is 3.11. The van der Waals surface area contributed by atoms with E-state index in [-0.39, 0.29) is 18.5 Å². The molecule has 1 aliphatic heterocycles. The van der Waals surface area contributed by atoms with E-state index in [2.05, 4.69) is 20.7 Å². The Morgan fingerprint density at radius 3 is 2.58 bits per heavy atom. The molecule has 1 aliphatic rings. The zero-order chi connectivity index (χ0) is 17.8. The third-order valence-electron chi connectivity index (χ3n) is 4.45.